The molecule has 4 rings (SSSR count). The van der Waals surface area contributed by atoms with Gasteiger partial charge >= 0.3 is 6.18 Å². The van der Waals surface area contributed by atoms with Gasteiger partial charge in [0.15, 0.2) is 0 Å². The van der Waals surface area contributed by atoms with Gasteiger partial charge in [0.25, 0.3) is 0 Å². The van der Waals surface area contributed by atoms with Crippen molar-refractivity contribution >= 4 is 23.2 Å². The lowest BCUT2D eigenvalue weighted by atomic mass is 10.1. The Hall–Kier alpha value is -4.74. The van der Waals surface area contributed by atoms with E-state index in [-0.39, 0.29) is 11.8 Å². The van der Waals surface area contributed by atoms with E-state index in [1.807, 2.05) is 0 Å². The van der Waals surface area contributed by atoms with Crippen LogP contribution in [-0.4, -0.2) is 30.6 Å². The van der Waals surface area contributed by atoms with Gasteiger partial charge < -0.3 is 15.4 Å². The van der Waals surface area contributed by atoms with Crippen molar-refractivity contribution in [3.63, 3.8) is 0 Å². The highest BCUT2D eigenvalue weighted by Crippen LogP contribution is 2.34. The van der Waals surface area contributed by atoms with E-state index < -0.39 is 17.8 Å². The summed E-state index contributed by atoms with van der Waals surface area (Å²) >= 11 is 0. The van der Waals surface area contributed by atoms with E-state index >= 15 is 0 Å². The minimum atomic E-state index is -4.57. The Labute approximate surface area is 197 Å². The molecule has 0 bridgehead atoms. The van der Waals surface area contributed by atoms with Crippen LogP contribution in [0.25, 0.3) is 11.1 Å². The zero-order valence-corrected chi connectivity index (χ0v) is 18.2. The molecule has 0 unspecified atom stereocenters. The van der Waals surface area contributed by atoms with E-state index in [0.29, 0.717) is 28.3 Å². The van der Waals surface area contributed by atoms with Crippen LogP contribution in [0.2, 0.25) is 0 Å². The van der Waals surface area contributed by atoms with Crippen molar-refractivity contribution in [3.05, 3.63) is 79.5 Å². The van der Waals surface area contributed by atoms with Crippen LogP contribution in [0.4, 0.5) is 30.5 Å². The molecule has 0 radical (unpaired) electrons. The van der Waals surface area contributed by atoms with Gasteiger partial charge in [-0.1, -0.05) is 18.7 Å². The first-order chi connectivity index (χ1) is 16.7. The van der Waals surface area contributed by atoms with Crippen LogP contribution in [0, 0.1) is 0 Å². The first-order valence-electron chi connectivity index (χ1n) is 10.1. The number of pyridine rings is 1. The predicted octanol–water partition coefficient (Wildman–Crippen LogP) is 4.95. The fourth-order valence-electron chi connectivity index (χ4n) is 2.98. The van der Waals surface area contributed by atoms with Crippen molar-refractivity contribution in [2.75, 3.05) is 10.6 Å². The third-order valence-electron chi connectivity index (χ3n) is 4.58. The summed E-state index contributed by atoms with van der Waals surface area (Å²) in [5.41, 5.74) is 0.676. The van der Waals surface area contributed by atoms with Crippen LogP contribution in [0.1, 0.15) is 5.69 Å². The number of halogens is 3. The maximum atomic E-state index is 12.9. The van der Waals surface area contributed by atoms with E-state index in [1.54, 1.807) is 48.4 Å². The number of carbonyl (C=O) groups is 1. The number of nitrogens with zero attached hydrogens (tertiary/aromatic N) is 5. The lowest BCUT2D eigenvalue weighted by Crippen LogP contribution is -2.07. The standard InChI is InChI=1S/C23H18F3N7O2/c1-3-20(34)30-15-5-4-6-17(9-15)35-21-18(14-7-8-19(27-10-14)23(24,25)26)12-28-22(32-21)31-16-11-29-33(2)13-16/h3-13H,1H2,2H3,(H,30,34)(H,28,31,32). The van der Waals surface area contributed by atoms with Gasteiger partial charge in [0, 0.05) is 43.0 Å². The van der Waals surface area contributed by atoms with E-state index in [4.69, 9.17) is 4.74 Å². The van der Waals surface area contributed by atoms with Crippen LogP contribution < -0.4 is 15.4 Å². The molecule has 0 fully saturated rings. The number of nitrogens with one attached hydrogen (secondary N) is 2. The van der Waals surface area contributed by atoms with Gasteiger partial charge in [0.05, 0.1) is 17.4 Å². The van der Waals surface area contributed by atoms with Gasteiger partial charge in [-0.05, 0) is 24.3 Å². The summed E-state index contributed by atoms with van der Waals surface area (Å²) in [6, 6.07) is 8.64. The molecule has 1 aromatic carbocycles. The molecule has 3 aromatic heterocycles. The number of alkyl halides is 3. The monoisotopic (exact) mass is 481 g/mol. The van der Waals surface area contributed by atoms with E-state index in [0.717, 1.165) is 18.3 Å². The maximum Gasteiger partial charge on any atom is 0.433 e. The first kappa shape index (κ1) is 23.4. The summed E-state index contributed by atoms with van der Waals surface area (Å²) in [4.78, 5) is 23.8. The maximum absolute atomic E-state index is 12.9. The van der Waals surface area contributed by atoms with Crippen molar-refractivity contribution in [3.8, 4) is 22.8 Å². The van der Waals surface area contributed by atoms with Crippen LogP contribution in [0.15, 0.2) is 73.8 Å². The quantitative estimate of drug-likeness (QED) is 0.360. The average Bonchev–Trinajstić information content (AvgIpc) is 3.23. The highest BCUT2D eigenvalue weighted by Gasteiger charge is 2.32. The molecule has 9 nitrogen and oxygen atoms in total. The normalized spacial score (nSPS) is 11.1. The summed E-state index contributed by atoms with van der Waals surface area (Å²) in [6.07, 6.45) is 2.33. The number of aromatic nitrogens is 5. The molecule has 3 heterocycles. The molecule has 2 N–H and O–H groups in total. The third kappa shape index (κ3) is 5.79. The summed E-state index contributed by atoms with van der Waals surface area (Å²) in [6.45, 7) is 3.41. The molecule has 0 aliphatic rings. The van der Waals surface area contributed by atoms with Gasteiger partial charge in [-0.15, -0.1) is 0 Å². The Morgan fingerprint density at radius 1 is 1.11 bits per heavy atom. The molecule has 0 saturated heterocycles. The molecule has 1 amide bonds. The Kier molecular flexibility index (Phi) is 6.44. The van der Waals surface area contributed by atoms with E-state index in [1.165, 1.54) is 12.3 Å². The molecule has 0 aliphatic carbocycles. The van der Waals surface area contributed by atoms with Crippen LogP contribution in [-0.2, 0) is 18.0 Å². The number of benzene rings is 1. The number of hydrogen-bond donors (Lipinski definition) is 2. The zero-order valence-electron chi connectivity index (χ0n) is 18.2. The number of amides is 1. The molecule has 0 atom stereocenters. The minimum Gasteiger partial charge on any atom is -0.438 e. The van der Waals surface area contributed by atoms with Crippen molar-refractivity contribution in [2.24, 2.45) is 7.05 Å². The second-order valence-corrected chi connectivity index (χ2v) is 7.19. The van der Waals surface area contributed by atoms with Crippen molar-refractivity contribution in [2.45, 2.75) is 6.18 Å². The lowest BCUT2D eigenvalue weighted by Gasteiger charge is -2.13. The summed E-state index contributed by atoms with van der Waals surface area (Å²) in [5, 5.41) is 9.67. The Balaban J connectivity index is 1.70. The third-order valence-corrected chi connectivity index (χ3v) is 4.58. The summed E-state index contributed by atoms with van der Waals surface area (Å²) in [5.74, 6) is 0.149. The van der Waals surface area contributed by atoms with Gasteiger partial charge in [-0.3, -0.25) is 14.5 Å². The fraction of sp³-hybridized carbons (Fsp3) is 0.0870. The molecular weight excluding hydrogens is 463 g/mol. The summed E-state index contributed by atoms with van der Waals surface area (Å²) < 4.78 is 46.4. The number of ether oxygens (including phenoxy) is 1. The van der Waals surface area contributed by atoms with Gasteiger partial charge in [-0.2, -0.15) is 23.3 Å². The van der Waals surface area contributed by atoms with Gasteiger partial charge in [-0.25, -0.2) is 4.98 Å². The SMILES string of the molecule is C=CC(=O)Nc1cccc(Oc2nc(Nc3cnn(C)c3)ncc2-c2ccc(C(F)(F)F)nc2)c1. The fourth-order valence-corrected chi connectivity index (χ4v) is 2.98. The van der Waals surface area contributed by atoms with Crippen molar-refractivity contribution in [1.82, 2.24) is 24.7 Å². The molecule has 0 aliphatic heterocycles. The lowest BCUT2D eigenvalue weighted by molar-refractivity contribution is -0.141. The molecule has 0 saturated carbocycles. The zero-order chi connectivity index (χ0) is 25.0. The molecule has 4 aromatic rings. The molecule has 178 valence electrons. The van der Waals surface area contributed by atoms with Crippen LogP contribution in [0.5, 0.6) is 11.6 Å². The predicted molar refractivity (Wildman–Crippen MR) is 122 cm³/mol. The van der Waals surface area contributed by atoms with E-state index in [2.05, 4.69) is 37.3 Å². The topological polar surface area (TPSA) is 107 Å². The second-order valence-electron chi connectivity index (χ2n) is 7.19. The second kappa shape index (κ2) is 9.63. The van der Waals surface area contributed by atoms with Crippen molar-refractivity contribution in [1.29, 1.82) is 0 Å². The number of carbonyl (C=O) groups excluding carboxylic acids is 1. The molecular formula is C23H18F3N7O2. The molecule has 12 heteroatoms. The highest BCUT2D eigenvalue weighted by atomic mass is 19.4. The smallest absolute Gasteiger partial charge is 0.433 e. The van der Waals surface area contributed by atoms with Crippen LogP contribution in [0.3, 0.4) is 0 Å². The van der Waals surface area contributed by atoms with Gasteiger partial charge in [0.2, 0.25) is 17.7 Å². The molecule has 0 spiro atoms. The highest BCUT2D eigenvalue weighted by molar-refractivity contribution is 5.98. The largest absolute Gasteiger partial charge is 0.438 e. The number of hydrogen-bond acceptors (Lipinski definition) is 7. The Bertz CT molecular complexity index is 1370. The number of anilines is 3. The van der Waals surface area contributed by atoms with Gasteiger partial charge in [0.1, 0.15) is 11.4 Å². The minimum absolute atomic E-state index is 0.0557. The Morgan fingerprint density at radius 2 is 1.94 bits per heavy atom. The number of rotatable bonds is 7. The Morgan fingerprint density at radius 3 is 2.60 bits per heavy atom. The number of aryl methyl sites for hydroxylation is 1. The van der Waals surface area contributed by atoms with Crippen molar-refractivity contribution < 1.29 is 22.7 Å². The first-order valence-corrected chi connectivity index (χ1v) is 10.1. The molecule has 35 heavy (non-hydrogen) atoms. The average molecular weight is 481 g/mol. The summed E-state index contributed by atoms with van der Waals surface area (Å²) in [7, 11) is 1.75. The van der Waals surface area contributed by atoms with Crippen LogP contribution >= 0.6 is 0 Å². The van der Waals surface area contributed by atoms with E-state index in [9.17, 15) is 18.0 Å².